The van der Waals surface area contributed by atoms with Crippen molar-refractivity contribution >= 4 is 22.8 Å². The number of hydrogen-bond acceptors (Lipinski definition) is 5. The highest BCUT2D eigenvalue weighted by Crippen LogP contribution is 2.67. The molecule has 1 aromatic heterocycles. The van der Waals surface area contributed by atoms with Gasteiger partial charge in [0.25, 0.3) is 0 Å². The van der Waals surface area contributed by atoms with Crippen LogP contribution in [0.15, 0.2) is 77.0 Å². The van der Waals surface area contributed by atoms with Gasteiger partial charge < -0.3 is 4.74 Å². The number of methoxy groups -OCH3 is 1. The number of carbonyl (C=O) groups excluding carboxylic acids is 2. The highest BCUT2D eigenvalue weighted by Gasteiger charge is 2.60. The van der Waals surface area contributed by atoms with Crippen LogP contribution < -0.4 is 0 Å². The summed E-state index contributed by atoms with van der Waals surface area (Å²) in [4.78, 5) is 30.8. The molecule has 6 rings (SSSR count). The van der Waals surface area contributed by atoms with Crippen molar-refractivity contribution in [3.05, 3.63) is 83.1 Å². The molecule has 4 aliphatic rings. The largest absolute Gasteiger partial charge is 0.466 e. The molecule has 1 heterocycles. The fourth-order valence-corrected chi connectivity index (χ4v) is 10.1. The van der Waals surface area contributed by atoms with Crippen LogP contribution >= 0.6 is 11.8 Å². The van der Waals surface area contributed by atoms with E-state index in [-0.39, 0.29) is 33.8 Å². The van der Waals surface area contributed by atoms with Crippen molar-refractivity contribution in [2.24, 2.45) is 40.4 Å². The summed E-state index contributed by atoms with van der Waals surface area (Å²) in [6, 6.07) is 11.0. The number of carbonyl (C=O) groups is 2. The summed E-state index contributed by atoms with van der Waals surface area (Å²) >= 11 is 1.27. The van der Waals surface area contributed by atoms with Gasteiger partial charge >= 0.3 is 12.1 Å². The van der Waals surface area contributed by atoms with E-state index < -0.39 is 11.7 Å². The molecule has 7 atom stereocenters. The van der Waals surface area contributed by atoms with Gasteiger partial charge in [0.1, 0.15) is 5.03 Å². The summed E-state index contributed by atoms with van der Waals surface area (Å²) in [5, 5.41) is 0.973. The lowest BCUT2D eigenvalue weighted by Crippen LogP contribution is -2.50. The van der Waals surface area contributed by atoms with Crippen molar-refractivity contribution in [1.82, 2.24) is 4.98 Å². The number of benzene rings is 1. The van der Waals surface area contributed by atoms with E-state index in [2.05, 4.69) is 24.9 Å². The molecule has 0 saturated heterocycles. The summed E-state index contributed by atoms with van der Waals surface area (Å²) in [7, 11) is 1.38. The van der Waals surface area contributed by atoms with Crippen LogP contribution in [0.25, 0.3) is 0 Å². The number of alkyl halides is 3. The number of fused-ring (bicyclic) bond motifs is 5. The summed E-state index contributed by atoms with van der Waals surface area (Å²) < 4.78 is 44.7. The fourth-order valence-electron chi connectivity index (χ4n) is 9.13. The van der Waals surface area contributed by atoms with Crippen molar-refractivity contribution in [3.63, 3.8) is 0 Å². The van der Waals surface area contributed by atoms with Gasteiger partial charge in [0.05, 0.1) is 12.7 Å². The van der Waals surface area contributed by atoms with E-state index in [0.717, 1.165) is 61.2 Å². The van der Waals surface area contributed by atoms with Crippen molar-refractivity contribution in [3.8, 4) is 0 Å². The summed E-state index contributed by atoms with van der Waals surface area (Å²) in [5.41, 5.74) is 1.66. The smallest absolute Gasteiger partial charge is 0.416 e. The topological polar surface area (TPSA) is 56.3 Å². The Kier molecular flexibility index (Phi) is 7.89. The lowest BCUT2D eigenvalue weighted by molar-refractivity contribution is -0.138. The lowest BCUT2D eigenvalue weighted by Gasteiger charge is -2.57. The molecule has 0 radical (unpaired) electrons. The molecule has 4 aliphatic carbocycles. The predicted octanol–water partition coefficient (Wildman–Crippen LogP) is 8.48. The Bertz CT molecular complexity index is 1450. The average Bonchev–Trinajstić information content (AvgIpc) is 3.34. The molecule has 0 N–H and O–H groups in total. The fraction of sp³-hybridized carbons (Fsp3) is 0.514. The monoisotopic (exact) mass is 609 g/mol. The van der Waals surface area contributed by atoms with Crippen LogP contribution in [-0.4, -0.2) is 23.2 Å². The Morgan fingerprint density at radius 2 is 1.81 bits per heavy atom. The zero-order valence-corrected chi connectivity index (χ0v) is 25.6. The second-order valence-corrected chi connectivity index (χ2v) is 14.4. The number of aromatic nitrogens is 1. The number of nitrogens with zero attached hydrogens (tertiary/aromatic N) is 1. The van der Waals surface area contributed by atoms with Gasteiger partial charge in [0, 0.05) is 17.7 Å². The minimum atomic E-state index is -4.39. The summed E-state index contributed by atoms with van der Waals surface area (Å²) in [6.45, 7) is 4.64. The molecule has 2 saturated carbocycles. The molecule has 0 bridgehead atoms. The molecular formula is C35H38F3NO3S. The van der Waals surface area contributed by atoms with Crippen LogP contribution in [0.5, 0.6) is 0 Å². The molecule has 1 aromatic carbocycles. The van der Waals surface area contributed by atoms with Crippen LogP contribution in [0.1, 0.15) is 63.5 Å². The highest BCUT2D eigenvalue weighted by molar-refractivity contribution is 8.13. The number of esters is 1. The quantitative estimate of drug-likeness (QED) is 0.251. The number of hydrogen-bond donors (Lipinski definition) is 0. The molecule has 2 aromatic rings. The third-order valence-corrected chi connectivity index (χ3v) is 12.2. The van der Waals surface area contributed by atoms with Gasteiger partial charge in [-0.2, -0.15) is 13.2 Å². The second-order valence-electron chi connectivity index (χ2n) is 13.3. The van der Waals surface area contributed by atoms with Gasteiger partial charge in [-0.15, -0.1) is 0 Å². The molecule has 0 aliphatic heterocycles. The van der Waals surface area contributed by atoms with E-state index >= 15 is 0 Å². The van der Waals surface area contributed by atoms with E-state index in [1.807, 2.05) is 24.3 Å². The maximum Gasteiger partial charge on any atom is 0.416 e. The van der Waals surface area contributed by atoms with E-state index in [1.165, 1.54) is 36.6 Å². The molecule has 0 amide bonds. The van der Waals surface area contributed by atoms with Gasteiger partial charge in [-0.3, -0.25) is 4.79 Å². The first-order chi connectivity index (χ1) is 20.4. The number of thioether (sulfide) groups is 1. The zero-order chi connectivity index (χ0) is 30.6. The van der Waals surface area contributed by atoms with Gasteiger partial charge in [-0.1, -0.05) is 38.1 Å². The van der Waals surface area contributed by atoms with Crippen LogP contribution in [0.3, 0.4) is 0 Å². The molecular weight excluding hydrogens is 571 g/mol. The Balaban J connectivity index is 1.25. The predicted molar refractivity (Wildman–Crippen MR) is 160 cm³/mol. The maximum atomic E-state index is 13.5. The summed E-state index contributed by atoms with van der Waals surface area (Å²) in [6.07, 6.45) is 7.73. The lowest BCUT2D eigenvalue weighted by atomic mass is 9.47. The minimum Gasteiger partial charge on any atom is -0.466 e. The number of rotatable bonds is 5. The molecule has 0 unspecified atom stereocenters. The number of allylic oxidation sites excluding steroid dienone is 3. The maximum absolute atomic E-state index is 13.5. The van der Waals surface area contributed by atoms with E-state index in [4.69, 9.17) is 4.74 Å². The van der Waals surface area contributed by atoms with Crippen molar-refractivity contribution < 1.29 is 27.5 Å². The van der Waals surface area contributed by atoms with Gasteiger partial charge in [0.15, 0.2) is 5.12 Å². The third-order valence-electron chi connectivity index (χ3n) is 11.3. The molecule has 4 nitrogen and oxygen atoms in total. The highest BCUT2D eigenvalue weighted by atomic mass is 32.2. The minimum absolute atomic E-state index is 0.00763. The van der Waals surface area contributed by atoms with Crippen LogP contribution in [0, 0.1) is 40.4 Å². The third kappa shape index (κ3) is 5.38. The molecule has 8 heteroatoms. The molecule has 2 fully saturated rings. The van der Waals surface area contributed by atoms with Gasteiger partial charge in [-0.25, -0.2) is 9.78 Å². The Morgan fingerprint density at radius 1 is 1.05 bits per heavy atom. The van der Waals surface area contributed by atoms with E-state index in [1.54, 1.807) is 6.20 Å². The standard InChI is InChI=1S/C35H38F3NO3S/c1-33-16-15-28-25(27(33)13-14-29(33)32(41)43-30-6-4-5-17-39-30)12-11-24-19-26(31(40)42-3)22(20-34(24,28)2)18-21-7-9-23(10-8-21)35(36,37)38/h4-11,17,19,22,25,27-29H,12-16,18,20H2,1-3H3/t22-,25+,27+,28+,29-,33+,34+/m1/s1. The zero-order valence-electron chi connectivity index (χ0n) is 24.8. The number of ether oxygens (including phenoxy) is 1. The van der Waals surface area contributed by atoms with E-state index in [0.29, 0.717) is 29.7 Å². The van der Waals surface area contributed by atoms with Gasteiger partial charge in [0.2, 0.25) is 0 Å². The normalized spacial score (nSPS) is 33.4. The Labute approximate surface area is 255 Å². The van der Waals surface area contributed by atoms with Crippen molar-refractivity contribution in [2.45, 2.75) is 70.0 Å². The van der Waals surface area contributed by atoms with Crippen LogP contribution in [-0.2, 0) is 26.9 Å². The first-order valence-electron chi connectivity index (χ1n) is 15.2. The first kappa shape index (κ1) is 30.2. The van der Waals surface area contributed by atoms with Gasteiger partial charge in [-0.05, 0) is 133 Å². The first-order valence-corrected chi connectivity index (χ1v) is 16.0. The molecule has 228 valence electrons. The summed E-state index contributed by atoms with van der Waals surface area (Å²) in [5.74, 6) is 0.775. The van der Waals surface area contributed by atoms with Crippen LogP contribution in [0.2, 0.25) is 0 Å². The second kappa shape index (κ2) is 11.2. The number of halogens is 3. The van der Waals surface area contributed by atoms with Crippen molar-refractivity contribution in [2.75, 3.05) is 7.11 Å². The Morgan fingerprint density at radius 3 is 2.49 bits per heavy atom. The van der Waals surface area contributed by atoms with E-state index in [9.17, 15) is 22.8 Å². The van der Waals surface area contributed by atoms with Crippen molar-refractivity contribution in [1.29, 1.82) is 0 Å². The molecule has 43 heavy (non-hydrogen) atoms. The van der Waals surface area contributed by atoms with Crippen LogP contribution in [0.4, 0.5) is 13.2 Å². The SMILES string of the molecule is COC(=O)C1=CC2=CC[C@H]3[C@@H]4CC[C@H](C(=O)Sc5ccccn5)[C@@]4(C)CC[C@@H]3[C@@]2(C)C[C@H]1Cc1ccc(C(F)(F)F)cc1. The average molecular weight is 610 g/mol. The Hall–Kier alpha value is -2.87. The molecule has 0 spiro atoms. The number of pyridine rings is 1.